The van der Waals surface area contributed by atoms with E-state index >= 15 is 0 Å². The van der Waals surface area contributed by atoms with Crippen molar-refractivity contribution in [1.82, 2.24) is 4.90 Å². The van der Waals surface area contributed by atoms with Gasteiger partial charge in [0.25, 0.3) is 0 Å². The number of likely N-dealkylation sites (tertiary alicyclic amines) is 1. The Labute approximate surface area is 163 Å². The summed E-state index contributed by atoms with van der Waals surface area (Å²) in [5.74, 6) is 0.470. The molecule has 148 valence electrons. The van der Waals surface area contributed by atoms with Crippen molar-refractivity contribution >= 4 is 11.3 Å². The Morgan fingerprint density at radius 3 is 2.70 bits per heavy atom. The molecule has 1 aromatic carbocycles. The number of para-hydroxylation sites is 1. The summed E-state index contributed by atoms with van der Waals surface area (Å²) in [6, 6.07) is 9.67. The molecular formula is C21H26F3NOS. The second kappa shape index (κ2) is 9.11. The minimum absolute atomic E-state index is 0.0689. The van der Waals surface area contributed by atoms with Gasteiger partial charge < -0.3 is 9.64 Å². The number of piperidine rings is 1. The molecule has 1 aliphatic heterocycles. The highest BCUT2D eigenvalue weighted by Crippen LogP contribution is 2.39. The number of unbranched alkanes of at least 4 members (excludes halogenated alkanes) is 1. The predicted octanol–water partition coefficient (Wildman–Crippen LogP) is 6.05. The van der Waals surface area contributed by atoms with Crippen molar-refractivity contribution in [1.29, 1.82) is 0 Å². The molecule has 2 aromatic rings. The van der Waals surface area contributed by atoms with Gasteiger partial charge in [0.15, 0.2) is 0 Å². The highest BCUT2D eigenvalue weighted by atomic mass is 32.1. The van der Waals surface area contributed by atoms with Crippen LogP contribution in [0.5, 0.6) is 5.75 Å². The van der Waals surface area contributed by atoms with E-state index < -0.39 is 11.7 Å². The fraction of sp³-hybridized carbons (Fsp3) is 0.524. The topological polar surface area (TPSA) is 12.5 Å². The van der Waals surface area contributed by atoms with Gasteiger partial charge in [0.2, 0.25) is 0 Å². The maximum Gasteiger partial charge on any atom is 0.419 e. The lowest BCUT2D eigenvalue weighted by Crippen LogP contribution is -2.42. The predicted molar refractivity (Wildman–Crippen MR) is 103 cm³/mol. The second-order valence-corrected chi connectivity index (χ2v) is 8.11. The number of halogens is 3. The zero-order chi connectivity index (χ0) is 19.3. The standard InChI is InChI=1S/C21H26F3NOS/c1-2-3-11-25-12-10-17(20-9-6-13-27-20)16(14-25)15-26-19-8-5-4-7-18(19)21(22,23)24/h4-9,13,16-17H,2-3,10-12,14-15H2,1H3/t16-,17+/m0/s1. The smallest absolute Gasteiger partial charge is 0.419 e. The average Bonchev–Trinajstić information content (AvgIpc) is 3.18. The number of rotatable bonds is 7. The monoisotopic (exact) mass is 397 g/mol. The fourth-order valence-corrected chi connectivity index (χ4v) is 4.72. The third-order valence-electron chi connectivity index (χ3n) is 5.20. The maximum atomic E-state index is 13.2. The first-order valence-corrected chi connectivity index (χ1v) is 10.4. The first kappa shape index (κ1) is 20.2. The summed E-state index contributed by atoms with van der Waals surface area (Å²) < 4.78 is 45.4. The molecular weight excluding hydrogens is 371 g/mol. The average molecular weight is 398 g/mol. The molecule has 2 nitrogen and oxygen atoms in total. The highest BCUT2D eigenvalue weighted by molar-refractivity contribution is 7.10. The molecule has 0 radical (unpaired) electrons. The van der Waals surface area contributed by atoms with Crippen molar-refractivity contribution in [2.24, 2.45) is 5.92 Å². The number of benzene rings is 1. The molecule has 0 amide bonds. The van der Waals surface area contributed by atoms with Crippen molar-refractivity contribution in [3.05, 3.63) is 52.2 Å². The van der Waals surface area contributed by atoms with Crippen LogP contribution >= 0.6 is 11.3 Å². The van der Waals surface area contributed by atoms with Crippen molar-refractivity contribution in [3.63, 3.8) is 0 Å². The zero-order valence-corrected chi connectivity index (χ0v) is 16.4. The Morgan fingerprint density at radius 2 is 2.00 bits per heavy atom. The van der Waals surface area contributed by atoms with Crippen LogP contribution in [0, 0.1) is 5.92 Å². The summed E-state index contributed by atoms with van der Waals surface area (Å²) >= 11 is 1.73. The van der Waals surface area contributed by atoms with E-state index in [1.165, 1.54) is 17.0 Å². The van der Waals surface area contributed by atoms with Crippen LogP contribution in [0.4, 0.5) is 13.2 Å². The normalized spacial score (nSPS) is 21.3. The summed E-state index contributed by atoms with van der Waals surface area (Å²) in [6.45, 7) is 5.43. The number of thiophene rings is 1. The molecule has 27 heavy (non-hydrogen) atoms. The van der Waals surface area contributed by atoms with Crippen LogP contribution in [0.3, 0.4) is 0 Å². The van der Waals surface area contributed by atoms with E-state index in [-0.39, 0.29) is 11.7 Å². The molecule has 1 aromatic heterocycles. The van der Waals surface area contributed by atoms with Crippen molar-refractivity contribution in [2.45, 2.75) is 38.3 Å². The van der Waals surface area contributed by atoms with E-state index in [1.807, 2.05) is 6.07 Å². The van der Waals surface area contributed by atoms with Gasteiger partial charge in [0.1, 0.15) is 5.75 Å². The molecule has 1 aliphatic rings. The molecule has 1 fully saturated rings. The van der Waals surface area contributed by atoms with Crippen LogP contribution in [0.2, 0.25) is 0 Å². The third kappa shape index (κ3) is 5.26. The molecule has 1 saturated heterocycles. The Balaban J connectivity index is 1.73. The molecule has 2 atom stereocenters. The molecule has 0 N–H and O–H groups in total. The van der Waals surface area contributed by atoms with E-state index in [9.17, 15) is 13.2 Å². The Bertz CT molecular complexity index is 702. The van der Waals surface area contributed by atoms with Crippen LogP contribution in [0.25, 0.3) is 0 Å². The molecule has 6 heteroatoms. The zero-order valence-electron chi connectivity index (χ0n) is 15.5. The van der Waals surface area contributed by atoms with Crippen LogP contribution < -0.4 is 4.74 Å². The van der Waals surface area contributed by atoms with Gasteiger partial charge in [0, 0.05) is 23.3 Å². The number of hydrogen-bond donors (Lipinski definition) is 0. The van der Waals surface area contributed by atoms with Crippen LogP contribution in [-0.2, 0) is 6.18 Å². The van der Waals surface area contributed by atoms with E-state index in [4.69, 9.17) is 4.74 Å². The van der Waals surface area contributed by atoms with Gasteiger partial charge in [-0.1, -0.05) is 31.5 Å². The van der Waals surface area contributed by atoms with Crippen LogP contribution in [0.1, 0.15) is 42.5 Å². The first-order chi connectivity index (χ1) is 13.0. The lowest BCUT2D eigenvalue weighted by molar-refractivity contribution is -0.139. The van der Waals surface area contributed by atoms with E-state index in [2.05, 4.69) is 23.3 Å². The lowest BCUT2D eigenvalue weighted by atomic mass is 9.84. The fourth-order valence-electron chi connectivity index (χ4n) is 3.76. The molecule has 0 spiro atoms. The number of nitrogens with zero attached hydrogens (tertiary/aromatic N) is 1. The van der Waals surface area contributed by atoms with Gasteiger partial charge in [-0.3, -0.25) is 0 Å². The van der Waals surface area contributed by atoms with E-state index in [0.717, 1.165) is 45.0 Å². The molecule has 0 saturated carbocycles. The number of hydrogen-bond acceptors (Lipinski definition) is 3. The summed E-state index contributed by atoms with van der Waals surface area (Å²) in [6.07, 6.45) is -1.08. The largest absolute Gasteiger partial charge is 0.493 e. The Morgan fingerprint density at radius 1 is 1.19 bits per heavy atom. The highest BCUT2D eigenvalue weighted by Gasteiger charge is 2.35. The van der Waals surface area contributed by atoms with E-state index in [0.29, 0.717) is 12.5 Å². The molecule has 0 aliphatic carbocycles. The van der Waals surface area contributed by atoms with Crippen molar-refractivity contribution in [2.75, 3.05) is 26.2 Å². The van der Waals surface area contributed by atoms with Crippen LogP contribution in [0.15, 0.2) is 41.8 Å². The van der Waals surface area contributed by atoms with Gasteiger partial charge in [-0.25, -0.2) is 0 Å². The molecule has 3 rings (SSSR count). The summed E-state index contributed by atoms with van der Waals surface area (Å²) in [7, 11) is 0. The first-order valence-electron chi connectivity index (χ1n) is 9.53. The quantitative estimate of drug-likeness (QED) is 0.564. The molecule has 0 unspecified atom stereocenters. The minimum Gasteiger partial charge on any atom is -0.493 e. The minimum atomic E-state index is -4.40. The lowest BCUT2D eigenvalue weighted by Gasteiger charge is -2.38. The number of alkyl halides is 3. The van der Waals surface area contributed by atoms with Crippen molar-refractivity contribution < 1.29 is 17.9 Å². The van der Waals surface area contributed by atoms with Gasteiger partial charge >= 0.3 is 6.18 Å². The SMILES string of the molecule is CCCCN1CC[C@@H](c2cccs2)[C@H](COc2ccccc2C(F)(F)F)C1. The number of ether oxygens (including phenoxy) is 1. The van der Waals surface area contributed by atoms with E-state index in [1.54, 1.807) is 17.4 Å². The van der Waals surface area contributed by atoms with Crippen molar-refractivity contribution in [3.8, 4) is 5.75 Å². The van der Waals surface area contributed by atoms with Crippen LogP contribution in [-0.4, -0.2) is 31.1 Å². The summed E-state index contributed by atoms with van der Waals surface area (Å²) in [4.78, 5) is 3.74. The summed E-state index contributed by atoms with van der Waals surface area (Å²) in [5, 5.41) is 2.07. The second-order valence-electron chi connectivity index (χ2n) is 7.13. The Kier molecular flexibility index (Phi) is 6.82. The molecule has 2 heterocycles. The maximum absolute atomic E-state index is 13.2. The van der Waals surface area contributed by atoms with Gasteiger partial charge in [0.05, 0.1) is 12.2 Å². The molecule has 0 bridgehead atoms. The third-order valence-corrected chi connectivity index (χ3v) is 6.20. The van der Waals surface area contributed by atoms with Gasteiger partial charge in [-0.15, -0.1) is 11.3 Å². The summed E-state index contributed by atoms with van der Waals surface area (Å²) in [5.41, 5.74) is -0.698. The van der Waals surface area contributed by atoms with Gasteiger partial charge in [-0.05, 0) is 49.5 Å². The van der Waals surface area contributed by atoms with Gasteiger partial charge in [-0.2, -0.15) is 13.2 Å². The Hall–Kier alpha value is -1.53.